The van der Waals surface area contributed by atoms with E-state index in [2.05, 4.69) is 22.4 Å². The third kappa shape index (κ3) is 2.47. The highest BCUT2D eigenvalue weighted by molar-refractivity contribution is 6.32. The monoisotopic (exact) mass is 282 g/mol. The number of rotatable bonds is 3. The first-order valence-corrected chi connectivity index (χ1v) is 6.95. The number of aromatic nitrogens is 1. The Bertz CT molecular complexity index is 739. The van der Waals surface area contributed by atoms with Crippen molar-refractivity contribution in [2.75, 3.05) is 5.32 Å². The van der Waals surface area contributed by atoms with Crippen LogP contribution in [0.3, 0.4) is 0 Å². The number of benzene rings is 2. The first-order valence-electron chi connectivity index (χ1n) is 6.57. The van der Waals surface area contributed by atoms with Gasteiger partial charge in [0.2, 0.25) is 0 Å². The van der Waals surface area contributed by atoms with Crippen LogP contribution in [0.4, 0.5) is 5.69 Å². The summed E-state index contributed by atoms with van der Waals surface area (Å²) >= 11 is 6.15. The summed E-state index contributed by atoms with van der Waals surface area (Å²) in [5.74, 6) is 0. The van der Waals surface area contributed by atoms with E-state index in [0.29, 0.717) is 0 Å². The van der Waals surface area contributed by atoms with Crippen molar-refractivity contribution in [1.82, 2.24) is 4.98 Å². The van der Waals surface area contributed by atoms with E-state index >= 15 is 0 Å². The Morgan fingerprint density at radius 3 is 2.65 bits per heavy atom. The molecule has 0 atom stereocenters. The second kappa shape index (κ2) is 5.51. The third-order valence-corrected chi connectivity index (χ3v) is 3.84. The lowest BCUT2D eigenvalue weighted by molar-refractivity contribution is 1.15. The minimum atomic E-state index is 0.755. The molecule has 0 bridgehead atoms. The molecule has 0 saturated carbocycles. The fourth-order valence-electron chi connectivity index (χ4n) is 2.28. The van der Waals surface area contributed by atoms with E-state index in [0.717, 1.165) is 33.7 Å². The van der Waals surface area contributed by atoms with Crippen LogP contribution in [0.5, 0.6) is 0 Å². The highest BCUT2D eigenvalue weighted by Crippen LogP contribution is 2.28. The van der Waals surface area contributed by atoms with Gasteiger partial charge in [0.05, 0.1) is 5.52 Å². The van der Waals surface area contributed by atoms with Crippen LogP contribution in [-0.2, 0) is 6.54 Å². The van der Waals surface area contributed by atoms with Gasteiger partial charge < -0.3 is 5.32 Å². The van der Waals surface area contributed by atoms with Crippen LogP contribution in [0.2, 0.25) is 5.02 Å². The molecule has 1 heterocycles. The molecule has 0 aliphatic carbocycles. The van der Waals surface area contributed by atoms with Crippen LogP contribution in [0.15, 0.2) is 54.7 Å². The molecule has 1 aromatic heterocycles. The van der Waals surface area contributed by atoms with Gasteiger partial charge in [-0.15, -0.1) is 0 Å². The van der Waals surface area contributed by atoms with Crippen molar-refractivity contribution >= 4 is 28.2 Å². The van der Waals surface area contributed by atoms with Crippen molar-refractivity contribution in [2.24, 2.45) is 0 Å². The molecule has 0 fully saturated rings. The molecule has 0 aliphatic heterocycles. The maximum Gasteiger partial charge on any atom is 0.0766 e. The maximum absolute atomic E-state index is 6.15. The number of hydrogen-bond acceptors (Lipinski definition) is 2. The van der Waals surface area contributed by atoms with E-state index in [9.17, 15) is 0 Å². The summed E-state index contributed by atoms with van der Waals surface area (Å²) in [5.41, 5.74) is 4.31. The molecule has 3 heteroatoms. The largest absolute Gasteiger partial charge is 0.380 e. The molecule has 0 aliphatic rings. The molecular formula is C17H15ClN2. The summed E-state index contributed by atoms with van der Waals surface area (Å²) in [6, 6.07) is 16.3. The van der Waals surface area contributed by atoms with Gasteiger partial charge in [0, 0.05) is 28.8 Å². The van der Waals surface area contributed by atoms with Gasteiger partial charge in [-0.2, -0.15) is 0 Å². The fourth-order valence-corrected chi connectivity index (χ4v) is 2.44. The van der Waals surface area contributed by atoms with Gasteiger partial charge >= 0.3 is 0 Å². The van der Waals surface area contributed by atoms with Crippen LogP contribution >= 0.6 is 11.6 Å². The number of halogens is 1. The number of nitrogens with zero attached hydrogens (tertiary/aromatic N) is 1. The highest BCUT2D eigenvalue weighted by atomic mass is 35.5. The van der Waals surface area contributed by atoms with E-state index in [1.54, 1.807) is 0 Å². The van der Waals surface area contributed by atoms with Crippen LogP contribution < -0.4 is 5.32 Å². The van der Waals surface area contributed by atoms with Gasteiger partial charge in [-0.1, -0.05) is 41.9 Å². The van der Waals surface area contributed by atoms with Crippen molar-refractivity contribution in [3.8, 4) is 0 Å². The quantitative estimate of drug-likeness (QED) is 0.746. The van der Waals surface area contributed by atoms with Gasteiger partial charge in [0.1, 0.15) is 0 Å². The van der Waals surface area contributed by atoms with E-state index in [1.165, 1.54) is 5.56 Å². The van der Waals surface area contributed by atoms with Crippen molar-refractivity contribution in [2.45, 2.75) is 13.5 Å². The van der Waals surface area contributed by atoms with Gasteiger partial charge in [-0.3, -0.25) is 4.98 Å². The number of fused-ring (bicyclic) bond motifs is 1. The summed E-state index contributed by atoms with van der Waals surface area (Å²) < 4.78 is 0. The topological polar surface area (TPSA) is 24.9 Å². The van der Waals surface area contributed by atoms with Gasteiger partial charge in [-0.25, -0.2) is 0 Å². The third-order valence-electron chi connectivity index (χ3n) is 3.43. The summed E-state index contributed by atoms with van der Waals surface area (Å²) in [4.78, 5) is 4.43. The lowest BCUT2D eigenvalue weighted by Gasteiger charge is -2.11. The Hall–Kier alpha value is -2.06. The predicted octanol–water partition coefficient (Wildman–Crippen LogP) is 4.81. The molecule has 100 valence electrons. The zero-order valence-electron chi connectivity index (χ0n) is 11.2. The molecule has 3 aromatic rings. The van der Waals surface area contributed by atoms with Crippen LogP contribution in [0.25, 0.3) is 10.9 Å². The highest BCUT2D eigenvalue weighted by Gasteiger charge is 2.06. The standard InChI is InChI=1S/C17H15ClN2/c1-12-15(18)8-7-14-16(9-10-19-17(12)14)20-11-13-5-3-2-4-6-13/h2-10H,11H2,1H3,(H,19,20). The normalized spacial score (nSPS) is 10.7. The van der Waals surface area contributed by atoms with Crippen molar-refractivity contribution in [1.29, 1.82) is 0 Å². The summed E-state index contributed by atoms with van der Waals surface area (Å²) in [6.45, 7) is 2.79. The Balaban J connectivity index is 1.94. The molecule has 0 saturated heterocycles. The molecule has 3 rings (SSSR count). The van der Waals surface area contributed by atoms with Gasteiger partial charge in [0.25, 0.3) is 0 Å². The number of anilines is 1. The molecule has 0 amide bonds. The smallest absolute Gasteiger partial charge is 0.0766 e. The van der Waals surface area contributed by atoms with E-state index in [4.69, 9.17) is 11.6 Å². The SMILES string of the molecule is Cc1c(Cl)ccc2c(NCc3ccccc3)ccnc12. The van der Waals surface area contributed by atoms with Gasteiger partial charge in [0.15, 0.2) is 0 Å². The minimum absolute atomic E-state index is 0.755. The molecule has 2 nitrogen and oxygen atoms in total. The van der Waals surface area contributed by atoms with E-state index in [1.807, 2.05) is 49.5 Å². The number of aryl methyl sites for hydroxylation is 1. The van der Waals surface area contributed by atoms with E-state index in [-0.39, 0.29) is 0 Å². The molecule has 20 heavy (non-hydrogen) atoms. The fraction of sp³-hybridized carbons (Fsp3) is 0.118. The molecule has 0 unspecified atom stereocenters. The zero-order valence-corrected chi connectivity index (χ0v) is 12.0. The predicted molar refractivity (Wildman–Crippen MR) is 85.3 cm³/mol. The average molecular weight is 283 g/mol. The van der Waals surface area contributed by atoms with Crippen molar-refractivity contribution in [3.63, 3.8) is 0 Å². The lowest BCUT2D eigenvalue weighted by atomic mass is 10.1. The molecule has 2 aromatic carbocycles. The number of hydrogen-bond donors (Lipinski definition) is 1. The van der Waals surface area contributed by atoms with Crippen LogP contribution in [0.1, 0.15) is 11.1 Å². The summed E-state index contributed by atoms with van der Waals surface area (Å²) in [6.07, 6.45) is 1.82. The second-order valence-electron chi connectivity index (χ2n) is 4.77. The molecule has 0 spiro atoms. The van der Waals surface area contributed by atoms with Gasteiger partial charge in [-0.05, 0) is 36.2 Å². The van der Waals surface area contributed by atoms with Crippen LogP contribution in [0, 0.1) is 6.92 Å². The van der Waals surface area contributed by atoms with Crippen LogP contribution in [-0.4, -0.2) is 4.98 Å². The maximum atomic E-state index is 6.15. The summed E-state index contributed by atoms with van der Waals surface area (Å²) in [5, 5.41) is 5.32. The second-order valence-corrected chi connectivity index (χ2v) is 5.17. The Morgan fingerprint density at radius 1 is 1.05 bits per heavy atom. The first-order chi connectivity index (χ1) is 9.75. The van der Waals surface area contributed by atoms with Crippen molar-refractivity contribution < 1.29 is 0 Å². The van der Waals surface area contributed by atoms with Crippen molar-refractivity contribution in [3.05, 3.63) is 70.9 Å². The lowest BCUT2D eigenvalue weighted by Crippen LogP contribution is -2.00. The first kappa shape index (κ1) is 12.9. The molecule has 0 radical (unpaired) electrons. The Labute approximate surface area is 123 Å². The van der Waals surface area contributed by atoms with E-state index < -0.39 is 0 Å². The molecule has 1 N–H and O–H groups in total. The number of nitrogens with one attached hydrogen (secondary N) is 1. The molecular weight excluding hydrogens is 268 g/mol. The number of pyridine rings is 1. The Morgan fingerprint density at radius 2 is 1.85 bits per heavy atom. The Kier molecular flexibility index (Phi) is 3.57. The minimum Gasteiger partial charge on any atom is -0.380 e. The summed E-state index contributed by atoms with van der Waals surface area (Å²) in [7, 11) is 0. The average Bonchev–Trinajstić information content (AvgIpc) is 2.50. The zero-order chi connectivity index (χ0) is 13.9.